The number of nitrogens with two attached hydrogens (primary N) is 1. The molecule has 21 heavy (non-hydrogen) atoms. The number of halogens is 1. The fraction of sp³-hybridized carbons (Fsp3) is 0.353. The third-order valence-corrected chi connectivity index (χ3v) is 3.74. The van der Waals surface area contributed by atoms with E-state index in [1.807, 2.05) is 49.4 Å². The van der Waals surface area contributed by atoms with Crippen molar-refractivity contribution < 1.29 is 9.90 Å². The van der Waals surface area contributed by atoms with Crippen LogP contribution in [-0.2, 0) is 11.2 Å². The van der Waals surface area contributed by atoms with Gasteiger partial charge < -0.3 is 10.8 Å². The molecule has 2 rings (SSSR count). The van der Waals surface area contributed by atoms with E-state index >= 15 is 0 Å². The van der Waals surface area contributed by atoms with Crippen molar-refractivity contribution in [3.05, 3.63) is 48.0 Å². The van der Waals surface area contributed by atoms with Crippen LogP contribution in [0.2, 0.25) is 0 Å². The average Bonchev–Trinajstić information content (AvgIpc) is 2.45. The second kappa shape index (κ2) is 7.43. The molecule has 0 heterocycles. The van der Waals surface area contributed by atoms with E-state index < -0.39 is 11.5 Å². The Morgan fingerprint density at radius 1 is 1.19 bits per heavy atom. The summed E-state index contributed by atoms with van der Waals surface area (Å²) in [5.74, 6) is -0.917. The van der Waals surface area contributed by atoms with Gasteiger partial charge >= 0.3 is 5.97 Å². The number of benzene rings is 2. The number of fused-ring (bicyclic) bond motifs is 1. The zero-order chi connectivity index (χ0) is 14.6. The van der Waals surface area contributed by atoms with Gasteiger partial charge in [-0.15, -0.1) is 12.4 Å². The maximum atomic E-state index is 11.5. The Bertz CT molecular complexity index is 615. The van der Waals surface area contributed by atoms with Crippen LogP contribution in [0, 0.1) is 0 Å². The van der Waals surface area contributed by atoms with Gasteiger partial charge in [0.15, 0.2) is 0 Å². The van der Waals surface area contributed by atoms with Crippen LogP contribution in [0.25, 0.3) is 10.8 Å². The largest absolute Gasteiger partial charge is 0.480 e. The van der Waals surface area contributed by atoms with Crippen LogP contribution >= 0.6 is 12.4 Å². The first-order valence-corrected chi connectivity index (χ1v) is 7.05. The summed E-state index contributed by atoms with van der Waals surface area (Å²) in [6.45, 7) is 2.04. The molecule has 3 nitrogen and oxygen atoms in total. The first-order chi connectivity index (χ1) is 9.55. The Morgan fingerprint density at radius 3 is 2.48 bits per heavy atom. The van der Waals surface area contributed by atoms with Crippen LogP contribution in [0.3, 0.4) is 0 Å². The van der Waals surface area contributed by atoms with E-state index in [9.17, 15) is 9.90 Å². The van der Waals surface area contributed by atoms with Gasteiger partial charge in [-0.2, -0.15) is 0 Å². The minimum atomic E-state index is -1.17. The van der Waals surface area contributed by atoms with Gasteiger partial charge in [-0.1, -0.05) is 62.2 Å². The molecule has 0 aliphatic rings. The topological polar surface area (TPSA) is 63.3 Å². The standard InChI is InChI=1S/C17H21NO2.ClH/c1-2-3-10-17(18,16(19)20)12-13-8-9-14-6-4-5-7-15(14)11-13;/h4-9,11H,2-3,10,12,18H2,1H3,(H,19,20);1H. The van der Waals surface area contributed by atoms with Gasteiger partial charge in [-0.25, -0.2) is 0 Å². The Balaban J connectivity index is 0.00000220. The molecule has 0 saturated carbocycles. The van der Waals surface area contributed by atoms with Crippen LogP contribution in [0.1, 0.15) is 31.7 Å². The predicted molar refractivity (Wildman–Crippen MR) is 89.0 cm³/mol. The summed E-state index contributed by atoms with van der Waals surface area (Å²) in [4.78, 5) is 11.5. The van der Waals surface area contributed by atoms with E-state index in [2.05, 4.69) is 0 Å². The van der Waals surface area contributed by atoms with Crippen molar-refractivity contribution >= 4 is 29.1 Å². The van der Waals surface area contributed by atoms with Crippen molar-refractivity contribution in [1.82, 2.24) is 0 Å². The lowest BCUT2D eigenvalue weighted by molar-refractivity contribution is -0.143. The summed E-state index contributed by atoms with van der Waals surface area (Å²) >= 11 is 0. The highest BCUT2D eigenvalue weighted by Gasteiger charge is 2.33. The van der Waals surface area contributed by atoms with Gasteiger partial charge in [0.25, 0.3) is 0 Å². The molecule has 0 saturated heterocycles. The van der Waals surface area contributed by atoms with Crippen LogP contribution < -0.4 is 5.73 Å². The highest BCUT2D eigenvalue weighted by Crippen LogP contribution is 2.22. The SMILES string of the molecule is CCCCC(N)(Cc1ccc2ccccc2c1)C(=O)O.Cl. The summed E-state index contributed by atoms with van der Waals surface area (Å²) in [6, 6.07) is 14.1. The van der Waals surface area contributed by atoms with Gasteiger partial charge in [0.1, 0.15) is 5.54 Å². The van der Waals surface area contributed by atoms with Crippen LogP contribution in [0.15, 0.2) is 42.5 Å². The molecule has 0 amide bonds. The number of rotatable bonds is 6. The second-order valence-electron chi connectivity index (χ2n) is 5.42. The molecular weight excluding hydrogens is 286 g/mol. The van der Waals surface area contributed by atoms with Crippen molar-refractivity contribution in [3.8, 4) is 0 Å². The zero-order valence-corrected chi connectivity index (χ0v) is 13.0. The molecule has 0 aliphatic carbocycles. The van der Waals surface area contributed by atoms with E-state index in [1.165, 1.54) is 0 Å². The second-order valence-corrected chi connectivity index (χ2v) is 5.42. The highest BCUT2D eigenvalue weighted by atomic mass is 35.5. The van der Waals surface area contributed by atoms with Crippen molar-refractivity contribution in [2.24, 2.45) is 5.73 Å². The monoisotopic (exact) mass is 307 g/mol. The molecule has 3 N–H and O–H groups in total. The van der Waals surface area contributed by atoms with Crippen molar-refractivity contribution in [2.45, 2.75) is 38.1 Å². The molecule has 0 bridgehead atoms. The average molecular weight is 308 g/mol. The number of carboxylic acids is 1. The van der Waals surface area contributed by atoms with Gasteiger partial charge in [0.05, 0.1) is 0 Å². The fourth-order valence-electron chi connectivity index (χ4n) is 2.48. The highest BCUT2D eigenvalue weighted by molar-refractivity contribution is 5.85. The number of carbonyl (C=O) groups is 1. The smallest absolute Gasteiger partial charge is 0.324 e. The normalized spacial score (nSPS) is 13.4. The molecule has 1 atom stereocenters. The van der Waals surface area contributed by atoms with Gasteiger partial charge in [0.2, 0.25) is 0 Å². The third-order valence-electron chi connectivity index (χ3n) is 3.74. The summed E-state index contributed by atoms with van der Waals surface area (Å²) in [5.41, 5.74) is 5.91. The lowest BCUT2D eigenvalue weighted by Crippen LogP contribution is -2.49. The van der Waals surface area contributed by atoms with E-state index in [0.717, 1.165) is 29.2 Å². The Kier molecular flexibility index (Phi) is 6.19. The first-order valence-electron chi connectivity index (χ1n) is 7.05. The number of aliphatic carboxylic acids is 1. The van der Waals surface area contributed by atoms with E-state index in [0.29, 0.717) is 12.8 Å². The molecule has 0 aromatic heterocycles. The molecule has 4 heteroatoms. The van der Waals surface area contributed by atoms with Crippen LogP contribution in [-0.4, -0.2) is 16.6 Å². The van der Waals surface area contributed by atoms with Crippen LogP contribution in [0.4, 0.5) is 0 Å². The fourth-order valence-corrected chi connectivity index (χ4v) is 2.48. The molecule has 2 aromatic rings. The van der Waals surface area contributed by atoms with E-state index in [1.54, 1.807) is 0 Å². The molecule has 0 spiro atoms. The minimum Gasteiger partial charge on any atom is -0.480 e. The van der Waals surface area contributed by atoms with Crippen molar-refractivity contribution in [2.75, 3.05) is 0 Å². The molecular formula is C17H22ClNO2. The lowest BCUT2D eigenvalue weighted by atomic mass is 9.86. The number of carboxylic acid groups (broad SMARTS) is 1. The van der Waals surface area contributed by atoms with E-state index in [-0.39, 0.29) is 12.4 Å². The summed E-state index contributed by atoms with van der Waals surface area (Å²) in [6.07, 6.45) is 2.65. The predicted octanol–water partition coefficient (Wildman–Crippen LogP) is 3.78. The maximum absolute atomic E-state index is 11.5. The minimum absolute atomic E-state index is 0. The quantitative estimate of drug-likeness (QED) is 0.853. The van der Waals surface area contributed by atoms with Gasteiger partial charge in [-0.05, 0) is 22.8 Å². The van der Waals surface area contributed by atoms with Gasteiger partial charge in [-0.3, -0.25) is 4.79 Å². The van der Waals surface area contributed by atoms with Crippen molar-refractivity contribution in [3.63, 3.8) is 0 Å². The molecule has 0 radical (unpaired) electrons. The third kappa shape index (κ3) is 4.19. The first kappa shape index (κ1) is 17.5. The van der Waals surface area contributed by atoms with E-state index in [4.69, 9.17) is 5.73 Å². The van der Waals surface area contributed by atoms with Crippen LogP contribution in [0.5, 0.6) is 0 Å². The number of hydrogen-bond donors (Lipinski definition) is 2. The van der Waals surface area contributed by atoms with Gasteiger partial charge in [0, 0.05) is 6.42 Å². The zero-order valence-electron chi connectivity index (χ0n) is 12.2. The number of unbranched alkanes of at least 4 members (excludes halogenated alkanes) is 1. The van der Waals surface area contributed by atoms with Crippen molar-refractivity contribution in [1.29, 1.82) is 0 Å². The lowest BCUT2D eigenvalue weighted by Gasteiger charge is -2.24. The molecule has 2 aromatic carbocycles. The molecule has 0 fully saturated rings. The maximum Gasteiger partial charge on any atom is 0.324 e. The summed E-state index contributed by atoms with van der Waals surface area (Å²) < 4.78 is 0. The Hall–Kier alpha value is -1.58. The Labute approximate surface area is 131 Å². The Morgan fingerprint density at radius 2 is 1.86 bits per heavy atom. The summed E-state index contributed by atoms with van der Waals surface area (Å²) in [5, 5.41) is 11.7. The molecule has 114 valence electrons. The molecule has 1 unspecified atom stereocenters. The summed E-state index contributed by atoms with van der Waals surface area (Å²) in [7, 11) is 0. The number of hydrogen-bond acceptors (Lipinski definition) is 2. The molecule has 0 aliphatic heterocycles.